The molecule has 0 radical (unpaired) electrons. The first-order chi connectivity index (χ1) is 14.1. The number of anilines is 2. The maximum atomic E-state index is 12.5. The van der Waals surface area contributed by atoms with E-state index in [1.807, 2.05) is 50.4 Å². The second kappa shape index (κ2) is 8.14. The molecule has 29 heavy (non-hydrogen) atoms. The number of nitrogens with one attached hydrogen (secondary N) is 3. The van der Waals surface area contributed by atoms with Crippen molar-refractivity contribution in [3.8, 4) is 0 Å². The Bertz CT molecular complexity index is 1140. The normalized spacial score (nSPS) is 10.8. The number of aromatic nitrogens is 3. The molecule has 0 aliphatic rings. The van der Waals surface area contributed by atoms with Gasteiger partial charge in [-0.2, -0.15) is 0 Å². The Labute approximate surface area is 169 Å². The van der Waals surface area contributed by atoms with Crippen molar-refractivity contribution >= 4 is 28.3 Å². The summed E-state index contributed by atoms with van der Waals surface area (Å²) in [6.07, 6.45) is 4.14. The first-order valence-corrected chi connectivity index (χ1v) is 9.59. The van der Waals surface area contributed by atoms with Crippen molar-refractivity contribution < 1.29 is 4.79 Å². The summed E-state index contributed by atoms with van der Waals surface area (Å²) in [4.78, 5) is 24.1. The van der Waals surface area contributed by atoms with Crippen LogP contribution in [0.4, 0.5) is 11.5 Å². The van der Waals surface area contributed by atoms with E-state index in [2.05, 4.69) is 37.7 Å². The molecule has 0 aliphatic heterocycles. The summed E-state index contributed by atoms with van der Waals surface area (Å²) < 4.78 is 0. The molecular formula is C23H23N5O. The minimum Gasteiger partial charge on any atom is -0.361 e. The molecule has 0 spiro atoms. The van der Waals surface area contributed by atoms with Gasteiger partial charge in [0.05, 0.1) is 0 Å². The van der Waals surface area contributed by atoms with Crippen molar-refractivity contribution in [3.63, 3.8) is 0 Å². The van der Waals surface area contributed by atoms with Crippen LogP contribution < -0.4 is 10.6 Å². The summed E-state index contributed by atoms with van der Waals surface area (Å²) in [5.41, 5.74) is 5.89. The smallest absolute Gasteiger partial charge is 0.270 e. The molecule has 0 fully saturated rings. The van der Waals surface area contributed by atoms with Crippen LogP contribution in [0.2, 0.25) is 0 Å². The molecule has 0 bridgehead atoms. The predicted octanol–water partition coefficient (Wildman–Crippen LogP) is 4.29. The Kier molecular flexibility index (Phi) is 5.24. The van der Waals surface area contributed by atoms with Gasteiger partial charge in [-0.15, -0.1) is 0 Å². The zero-order valence-corrected chi connectivity index (χ0v) is 16.5. The van der Waals surface area contributed by atoms with Crippen molar-refractivity contribution in [2.75, 3.05) is 11.9 Å². The molecule has 1 amide bonds. The van der Waals surface area contributed by atoms with E-state index in [1.165, 1.54) is 17.3 Å². The van der Waals surface area contributed by atoms with Crippen LogP contribution in [0.3, 0.4) is 0 Å². The molecule has 2 heterocycles. The van der Waals surface area contributed by atoms with Crippen LogP contribution in [0.1, 0.15) is 27.2 Å². The first-order valence-electron chi connectivity index (χ1n) is 9.59. The minimum atomic E-state index is -0.212. The number of hydrogen-bond acceptors (Lipinski definition) is 4. The summed E-state index contributed by atoms with van der Waals surface area (Å²) in [7, 11) is 0. The van der Waals surface area contributed by atoms with Gasteiger partial charge in [0.1, 0.15) is 17.8 Å². The molecule has 2 aromatic carbocycles. The number of fused-ring (bicyclic) bond motifs is 1. The maximum Gasteiger partial charge on any atom is 0.270 e. The van der Waals surface area contributed by atoms with Gasteiger partial charge in [-0.3, -0.25) is 4.79 Å². The third-order valence-corrected chi connectivity index (χ3v) is 4.75. The van der Waals surface area contributed by atoms with Gasteiger partial charge in [-0.05, 0) is 55.2 Å². The molecule has 4 rings (SSSR count). The maximum absolute atomic E-state index is 12.5. The van der Waals surface area contributed by atoms with Crippen molar-refractivity contribution in [3.05, 3.63) is 83.4 Å². The fourth-order valence-corrected chi connectivity index (χ4v) is 3.48. The largest absolute Gasteiger partial charge is 0.361 e. The number of carbonyl (C=O) groups excluding carboxylic acids is 1. The van der Waals surface area contributed by atoms with Crippen molar-refractivity contribution in [2.24, 2.45) is 0 Å². The van der Waals surface area contributed by atoms with E-state index in [9.17, 15) is 4.79 Å². The molecule has 0 atom stereocenters. The number of aryl methyl sites for hydroxylation is 2. The van der Waals surface area contributed by atoms with E-state index in [4.69, 9.17) is 0 Å². The predicted molar refractivity (Wildman–Crippen MR) is 116 cm³/mol. The highest BCUT2D eigenvalue weighted by atomic mass is 16.1. The monoisotopic (exact) mass is 385 g/mol. The Morgan fingerprint density at radius 3 is 2.66 bits per heavy atom. The lowest BCUT2D eigenvalue weighted by molar-refractivity contribution is 0.0949. The average Bonchev–Trinajstić information content (AvgIpc) is 3.10. The molecule has 0 saturated heterocycles. The Balaban J connectivity index is 1.39. The van der Waals surface area contributed by atoms with E-state index in [-0.39, 0.29) is 5.91 Å². The summed E-state index contributed by atoms with van der Waals surface area (Å²) in [6, 6.07) is 16.0. The Hall–Kier alpha value is -3.67. The summed E-state index contributed by atoms with van der Waals surface area (Å²) >= 11 is 0. The van der Waals surface area contributed by atoms with Crippen LogP contribution in [0, 0.1) is 13.8 Å². The number of nitrogens with zero attached hydrogens (tertiary/aromatic N) is 2. The third kappa shape index (κ3) is 4.43. The van der Waals surface area contributed by atoms with Gasteiger partial charge in [0.25, 0.3) is 5.91 Å². The fraction of sp³-hybridized carbons (Fsp3) is 0.174. The topological polar surface area (TPSA) is 82.7 Å². The minimum absolute atomic E-state index is 0.212. The summed E-state index contributed by atoms with van der Waals surface area (Å²) in [6.45, 7) is 4.62. The lowest BCUT2D eigenvalue weighted by atomic mass is 10.1. The van der Waals surface area contributed by atoms with Crippen LogP contribution in [-0.2, 0) is 6.42 Å². The average molecular weight is 385 g/mol. The van der Waals surface area contributed by atoms with E-state index in [0.29, 0.717) is 18.1 Å². The number of carbonyl (C=O) groups is 1. The van der Waals surface area contributed by atoms with E-state index in [1.54, 1.807) is 6.07 Å². The highest BCUT2D eigenvalue weighted by molar-refractivity contribution is 5.93. The molecule has 2 aromatic heterocycles. The summed E-state index contributed by atoms with van der Waals surface area (Å²) in [5.74, 6) is 0.377. The zero-order chi connectivity index (χ0) is 20.2. The number of para-hydroxylation sites is 1. The number of hydrogen-bond donors (Lipinski definition) is 3. The number of rotatable bonds is 6. The number of amides is 1. The van der Waals surface area contributed by atoms with Gasteiger partial charge in [0.2, 0.25) is 0 Å². The Morgan fingerprint density at radius 1 is 1.03 bits per heavy atom. The van der Waals surface area contributed by atoms with E-state index < -0.39 is 0 Å². The van der Waals surface area contributed by atoms with Gasteiger partial charge in [-0.25, -0.2) is 9.97 Å². The van der Waals surface area contributed by atoms with Crippen LogP contribution in [0.15, 0.2) is 61.1 Å². The summed E-state index contributed by atoms with van der Waals surface area (Å²) in [5, 5.41) is 7.37. The molecule has 4 aromatic rings. The lowest BCUT2D eigenvalue weighted by Crippen LogP contribution is -2.26. The molecule has 0 aliphatic carbocycles. The second-order valence-corrected chi connectivity index (χ2v) is 7.16. The Morgan fingerprint density at radius 2 is 1.83 bits per heavy atom. The first kappa shape index (κ1) is 18.7. The van der Waals surface area contributed by atoms with Crippen LogP contribution in [0.5, 0.6) is 0 Å². The molecule has 3 N–H and O–H groups in total. The quantitative estimate of drug-likeness (QED) is 0.462. The molecule has 146 valence electrons. The molecule has 0 unspecified atom stereocenters. The van der Waals surface area contributed by atoms with Crippen LogP contribution >= 0.6 is 0 Å². The second-order valence-electron chi connectivity index (χ2n) is 7.16. The van der Waals surface area contributed by atoms with Crippen molar-refractivity contribution in [1.29, 1.82) is 0 Å². The van der Waals surface area contributed by atoms with Gasteiger partial charge < -0.3 is 15.6 Å². The van der Waals surface area contributed by atoms with E-state index >= 15 is 0 Å². The molecule has 6 nitrogen and oxygen atoms in total. The van der Waals surface area contributed by atoms with Gasteiger partial charge in [0.15, 0.2) is 0 Å². The van der Waals surface area contributed by atoms with Crippen molar-refractivity contribution in [1.82, 2.24) is 20.3 Å². The highest BCUT2D eigenvalue weighted by Crippen LogP contribution is 2.19. The van der Waals surface area contributed by atoms with Crippen molar-refractivity contribution in [2.45, 2.75) is 20.3 Å². The number of benzene rings is 2. The van der Waals surface area contributed by atoms with Gasteiger partial charge >= 0.3 is 0 Å². The fourth-order valence-electron chi connectivity index (χ4n) is 3.48. The third-order valence-electron chi connectivity index (χ3n) is 4.75. The molecule has 6 heteroatoms. The standard InChI is InChI=1S/C23H23N5O/c1-15-9-16(2)11-18(10-15)28-22-12-21(26-14-27-22)23(29)24-8-7-17-13-25-20-6-4-3-5-19(17)20/h3-6,9-14,25H,7-8H2,1-2H3,(H,24,29)(H,26,27,28). The molecular weight excluding hydrogens is 362 g/mol. The lowest BCUT2D eigenvalue weighted by Gasteiger charge is -2.09. The van der Waals surface area contributed by atoms with Crippen LogP contribution in [0.25, 0.3) is 10.9 Å². The zero-order valence-electron chi connectivity index (χ0n) is 16.5. The number of aromatic amines is 1. The van der Waals surface area contributed by atoms with Crippen LogP contribution in [-0.4, -0.2) is 27.4 Å². The SMILES string of the molecule is Cc1cc(C)cc(Nc2cc(C(=O)NCCc3c[nH]c4ccccc34)ncn2)c1. The highest BCUT2D eigenvalue weighted by Gasteiger charge is 2.10. The molecule has 0 saturated carbocycles. The van der Waals surface area contributed by atoms with Gasteiger partial charge in [-0.1, -0.05) is 24.3 Å². The number of H-pyrrole nitrogens is 1. The van der Waals surface area contributed by atoms with E-state index in [0.717, 1.165) is 28.8 Å². The van der Waals surface area contributed by atoms with Gasteiger partial charge in [0, 0.05) is 35.4 Å².